The molecule has 0 radical (unpaired) electrons. The Balaban J connectivity index is 1.72. The Hall–Kier alpha value is -2.57. The van der Waals surface area contributed by atoms with Crippen molar-refractivity contribution in [3.05, 3.63) is 80.5 Å². The molecule has 0 atom stereocenters. The summed E-state index contributed by atoms with van der Waals surface area (Å²) in [5.41, 5.74) is 2.56. The number of hydrogen-bond donors (Lipinski definition) is 1. The van der Waals surface area contributed by atoms with Crippen LogP contribution in [0.25, 0.3) is 10.4 Å². The second-order valence-electron chi connectivity index (χ2n) is 5.85. The van der Waals surface area contributed by atoms with E-state index in [-0.39, 0.29) is 24.4 Å². The number of amides is 1. The Morgan fingerprint density at radius 3 is 2.50 bits per heavy atom. The van der Waals surface area contributed by atoms with E-state index in [2.05, 4.69) is 5.32 Å². The summed E-state index contributed by atoms with van der Waals surface area (Å²) in [5.74, 6) is -0.141. The lowest BCUT2D eigenvalue weighted by Crippen LogP contribution is -2.23. The molecule has 4 nitrogen and oxygen atoms in total. The standard InChI is InChI=1S/C20H18N2O2S2/c1-14-7-5-6-10-16(14)21-18(23)11-12-22-19(24)13-17(26-20(22)25)15-8-3-2-4-9-15/h2-10,13H,11-12H2,1H3,(H,21,23). The van der Waals surface area contributed by atoms with E-state index in [1.165, 1.54) is 15.9 Å². The van der Waals surface area contributed by atoms with Gasteiger partial charge in [0.1, 0.15) is 0 Å². The van der Waals surface area contributed by atoms with Crippen molar-refractivity contribution in [3.63, 3.8) is 0 Å². The molecule has 0 bridgehead atoms. The first kappa shape index (κ1) is 18.2. The third kappa shape index (κ3) is 4.33. The van der Waals surface area contributed by atoms with Gasteiger partial charge >= 0.3 is 0 Å². The van der Waals surface area contributed by atoms with E-state index in [4.69, 9.17) is 12.2 Å². The lowest BCUT2D eigenvalue weighted by Gasteiger charge is -2.09. The van der Waals surface area contributed by atoms with Crippen LogP contribution in [0.5, 0.6) is 0 Å². The number of nitrogens with one attached hydrogen (secondary N) is 1. The van der Waals surface area contributed by atoms with Crippen molar-refractivity contribution in [2.45, 2.75) is 19.9 Å². The van der Waals surface area contributed by atoms with Crippen LogP contribution in [-0.4, -0.2) is 10.5 Å². The van der Waals surface area contributed by atoms with Gasteiger partial charge in [-0.15, -0.1) is 11.3 Å². The molecular formula is C20H18N2O2S2. The van der Waals surface area contributed by atoms with Crippen LogP contribution in [0.1, 0.15) is 12.0 Å². The number of benzene rings is 2. The van der Waals surface area contributed by atoms with Crippen LogP contribution in [0.15, 0.2) is 65.5 Å². The van der Waals surface area contributed by atoms with Crippen LogP contribution in [0.3, 0.4) is 0 Å². The maximum absolute atomic E-state index is 12.4. The molecule has 0 aliphatic rings. The van der Waals surface area contributed by atoms with Crippen molar-refractivity contribution in [1.29, 1.82) is 0 Å². The van der Waals surface area contributed by atoms with Gasteiger partial charge in [-0.3, -0.25) is 14.2 Å². The zero-order chi connectivity index (χ0) is 18.5. The number of rotatable bonds is 5. The molecule has 26 heavy (non-hydrogen) atoms. The number of para-hydroxylation sites is 1. The third-order valence-corrected chi connectivity index (χ3v) is 5.42. The molecule has 0 aliphatic carbocycles. The minimum absolute atomic E-state index is 0.141. The Morgan fingerprint density at radius 2 is 1.81 bits per heavy atom. The van der Waals surface area contributed by atoms with Gasteiger partial charge in [0.2, 0.25) is 5.91 Å². The summed E-state index contributed by atoms with van der Waals surface area (Å²) >= 11 is 6.75. The van der Waals surface area contributed by atoms with Gasteiger partial charge in [0.05, 0.1) is 0 Å². The van der Waals surface area contributed by atoms with E-state index in [1.54, 1.807) is 6.07 Å². The molecule has 1 aromatic heterocycles. The normalized spacial score (nSPS) is 10.5. The summed E-state index contributed by atoms with van der Waals surface area (Å²) in [6, 6.07) is 18.8. The number of aromatic nitrogens is 1. The smallest absolute Gasteiger partial charge is 0.253 e. The molecule has 1 amide bonds. The minimum Gasteiger partial charge on any atom is -0.326 e. The summed E-state index contributed by atoms with van der Waals surface area (Å²) in [7, 11) is 0. The van der Waals surface area contributed by atoms with Crippen molar-refractivity contribution >= 4 is 35.1 Å². The molecule has 0 spiro atoms. The van der Waals surface area contributed by atoms with Crippen LogP contribution in [-0.2, 0) is 11.3 Å². The number of carbonyl (C=O) groups excluding carboxylic acids is 1. The van der Waals surface area contributed by atoms with Crippen molar-refractivity contribution < 1.29 is 4.79 Å². The lowest BCUT2D eigenvalue weighted by atomic mass is 10.2. The molecule has 3 aromatic rings. The highest BCUT2D eigenvalue weighted by Crippen LogP contribution is 2.22. The highest BCUT2D eigenvalue weighted by atomic mass is 32.1. The summed E-state index contributed by atoms with van der Waals surface area (Å²) in [6.07, 6.45) is 0.190. The average molecular weight is 383 g/mol. The summed E-state index contributed by atoms with van der Waals surface area (Å²) < 4.78 is 1.95. The Bertz CT molecular complexity index is 1010. The summed E-state index contributed by atoms with van der Waals surface area (Å²) in [6.45, 7) is 2.20. The van der Waals surface area contributed by atoms with Crippen LogP contribution >= 0.6 is 23.6 Å². The van der Waals surface area contributed by atoms with Crippen molar-refractivity contribution in [3.8, 4) is 10.4 Å². The molecule has 0 aliphatic heterocycles. The maximum atomic E-state index is 12.4. The maximum Gasteiger partial charge on any atom is 0.253 e. The predicted octanol–water partition coefficient (Wildman–Crippen LogP) is 4.64. The second kappa shape index (κ2) is 8.21. The number of anilines is 1. The van der Waals surface area contributed by atoms with Gasteiger partial charge in [-0.05, 0) is 36.3 Å². The van der Waals surface area contributed by atoms with E-state index in [9.17, 15) is 9.59 Å². The Morgan fingerprint density at radius 1 is 1.12 bits per heavy atom. The molecule has 132 valence electrons. The molecule has 1 heterocycles. The molecule has 3 rings (SSSR count). The van der Waals surface area contributed by atoms with E-state index in [0.29, 0.717) is 3.95 Å². The van der Waals surface area contributed by atoms with E-state index in [1.807, 2.05) is 61.5 Å². The zero-order valence-corrected chi connectivity index (χ0v) is 15.9. The fraction of sp³-hybridized carbons (Fsp3) is 0.150. The third-order valence-electron chi connectivity index (χ3n) is 3.98. The van der Waals surface area contributed by atoms with Gasteiger partial charge in [0.25, 0.3) is 5.56 Å². The second-order valence-corrected chi connectivity index (χ2v) is 7.52. The van der Waals surface area contributed by atoms with Gasteiger partial charge in [-0.25, -0.2) is 0 Å². The molecule has 0 saturated carbocycles. The van der Waals surface area contributed by atoms with Crippen LogP contribution < -0.4 is 10.9 Å². The van der Waals surface area contributed by atoms with Gasteiger partial charge in [0, 0.05) is 29.6 Å². The first-order chi connectivity index (χ1) is 12.5. The molecule has 2 aromatic carbocycles. The van der Waals surface area contributed by atoms with E-state index in [0.717, 1.165) is 21.7 Å². The molecule has 0 fully saturated rings. The zero-order valence-electron chi connectivity index (χ0n) is 14.3. The SMILES string of the molecule is Cc1ccccc1NC(=O)CCn1c(=O)cc(-c2ccccc2)sc1=S. The highest BCUT2D eigenvalue weighted by molar-refractivity contribution is 7.73. The monoisotopic (exact) mass is 382 g/mol. The first-order valence-electron chi connectivity index (χ1n) is 8.20. The van der Waals surface area contributed by atoms with Crippen molar-refractivity contribution in [2.75, 3.05) is 5.32 Å². The van der Waals surface area contributed by atoms with Gasteiger partial charge < -0.3 is 5.32 Å². The van der Waals surface area contributed by atoms with Gasteiger partial charge in [-0.1, -0.05) is 48.5 Å². The van der Waals surface area contributed by atoms with Crippen LogP contribution in [0, 0.1) is 10.9 Å². The Kier molecular flexibility index (Phi) is 5.75. The molecule has 0 saturated heterocycles. The number of nitrogens with zero attached hydrogens (tertiary/aromatic N) is 1. The Labute approximate surface area is 160 Å². The molecular weight excluding hydrogens is 364 g/mol. The topological polar surface area (TPSA) is 51.1 Å². The average Bonchev–Trinajstić information content (AvgIpc) is 2.63. The van der Waals surface area contributed by atoms with Crippen molar-refractivity contribution in [1.82, 2.24) is 4.57 Å². The van der Waals surface area contributed by atoms with Crippen LogP contribution in [0.4, 0.5) is 5.69 Å². The van der Waals surface area contributed by atoms with Gasteiger partial charge in [0.15, 0.2) is 3.95 Å². The molecule has 1 N–H and O–H groups in total. The van der Waals surface area contributed by atoms with Crippen molar-refractivity contribution in [2.24, 2.45) is 0 Å². The van der Waals surface area contributed by atoms with E-state index >= 15 is 0 Å². The van der Waals surface area contributed by atoms with Gasteiger partial charge in [-0.2, -0.15) is 0 Å². The predicted molar refractivity (Wildman–Crippen MR) is 109 cm³/mol. The quantitative estimate of drug-likeness (QED) is 0.654. The number of carbonyl (C=O) groups is 1. The first-order valence-corrected chi connectivity index (χ1v) is 9.43. The largest absolute Gasteiger partial charge is 0.326 e. The number of hydrogen-bond acceptors (Lipinski definition) is 4. The molecule has 0 unspecified atom stereocenters. The number of aryl methyl sites for hydroxylation is 1. The molecule has 6 heteroatoms. The lowest BCUT2D eigenvalue weighted by molar-refractivity contribution is -0.116. The fourth-order valence-electron chi connectivity index (χ4n) is 2.54. The summed E-state index contributed by atoms with van der Waals surface area (Å²) in [4.78, 5) is 25.5. The fourth-order valence-corrected chi connectivity index (χ4v) is 3.89. The summed E-state index contributed by atoms with van der Waals surface area (Å²) in [5, 5.41) is 2.87. The van der Waals surface area contributed by atoms with Crippen LogP contribution in [0.2, 0.25) is 0 Å². The van der Waals surface area contributed by atoms with E-state index < -0.39 is 0 Å². The highest BCUT2D eigenvalue weighted by Gasteiger charge is 2.08. The minimum atomic E-state index is -0.184.